The van der Waals surface area contributed by atoms with Gasteiger partial charge < -0.3 is 14.4 Å². The molecule has 1 saturated heterocycles. The summed E-state index contributed by atoms with van der Waals surface area (Å²) in [6.45, 7) is 0.534. The molecule has 0 N–H and O–H groups in total. The van der Waals surface area contributed by atoms with Crippen molar-refractivity contribution in [3.8, 4) is 11.5 Å². The molecule has 0 radical (unpaired) electrons. The van der Waals surface area contributed by atoms with Crippen molar-refractivity contribution in [1.29, 1.82) is 0 Å². The van der Waals surface area contributed by atoms with Crippen LogP contribution in [0.3, 0.4) is 0 Å². The van der Waals surface area contributed by atoms with Crippen molar-refractivity contribution < 1.29 is 27.1 Å². The molecule has 0 spiro atoms. The van der Waals surface area contributed by atoms with Crippen molar-refractivity contribution in [2.75, 3.05) is 25.6 Å². The van der Waals surface area contributed by atoms with Crippen molar-refractivity contribution in [2.45, 2.75) is 18.1 Å². The van der Waals surface area contributed by atoms with Crippen LogP contribution in [0.25, 0.3) is 0 Å². The van der Waals surface area contributed by atoms with E-state index >= 15 is 0 Å². The highest BCUT2D eigenvalue weighted by molar-refractivity contribution is 7.91. The van der Waals surface area contributed by atoms with E-state index in [9.17, 15) is 17.6 Å². The summed E-state index contributed by atoms with van der Waals surface area (Å²) >= 11 is 0. The summed E-state index contributed by atoms with van der Waals surface area (Å²) in [6, 6.07) is 11.2. The minimum Gasteiger partial charge on any atom is -0.454 e. The molecule has 6 nitrogen and oxygen atoms in total. The molecule has 8 heteroatoms. The molecule has 1 fully saturated rings. The Morgan fingerprint density at radius 1 is 1.11 bits per heavy atom. The Morgan fingerprint density at radius 2 is 1.89 bits per heavy atom. The zero-order valence-electron chi connectivity index (χ0n) is 15.1. The van der Waals surface area contributed by atoms with Crippen LogP contribution >= 0.6 is 0 Å². The number of hydrogen-bond acceptors (Lipinski definition) is 5. The van der Waals surface area contributed by atoms with E-state index in [1.54, 1.807) is 29.2 Å². The van der Waals surface area contributed by atoms with Crippen LogP contribution < -0.4 is 9.47 Å². The molecule has 0 saturated carbocycles. The van der Waals surface area contributed by atoms with Crippen molar-refractivity contribution in [2.24, 2.45) is 0 Å². The fourth-order valence-electron chi connectivity index (χ4n) is 3.62. The van der Waals surface area contributed by atoms with Gasteiger partial charge in [-0.15, -0.1) is 0 Å². The van der Waals surface area contributed by atoms with Crippen LogP contribution in [0.4, 0.5) is 4.39 Å². The summed E-state index contributed by atoms with van der Waals surface area (Å²) in [5.74, 6) is 0.367. The van der Waals surface area contributed by atoms with Gasteiger partial charge in [0.05, 0.1) is 17.4 Å². The number of sulfone groups is 1. The third-order valence-electron chi connectivity index (χ3n) is 5.14. The predicted octanol–water partition coefficient (Wildman–Crippen LogP) is 2.49. The lowest BCUT2D eigenvalue weighted by atomic mass is 10.1. The summed E-state index contributed by atoms with van der Waals surface area (Å²) in [4.78, 5) is 14.3. The Labute approximate surface area is 162 Å². The first kappa shape index (κ1) is 18.7. The largest absolute Gasteiger partial charge is 0.454 e. The first-order valence-electron chi connectivity index (χ1n) is 9.06. The molecule has 1 atom stereocenters. The number of carbonyl (C=O) groups excluding carboxylic acids is 1. The van der Waals surface area contributed by atoms with Crippen LogP contribution in [-0.4, -0.2) is 44.9 Å². The fourth-order valence-corrected chi connectivity index (χ4v) is 5.42. The van der Waals surface area contributed by atoms with Crippen LogP contribution in [0, 0.1) is 5.82 Å². The first-order chi connectivity index (χ1) is 13.4. The number of ether oxygens (including phenoxy) is 2. The molecule has 1 unspecified atom stereocenters. The molecule has 28 heavy (non-hydrogen) atoms. The molecule has 2 aliphatic heterocycles. The predicted molar refractivity (Wildman–Crippen MR) is 100 cm³/mol. The van der Waals surface area contributed by atoms with E-state index in [1.165, 1.54) is 18.2 Å². The molecule has 0 aliphatic carbocycles. The van der Waals surface area contributed by atoms with Gasteiger partial charge >= 0.3 is 0 Å². The van der Waals surface area contributed by atoms with Crippen molar-refractivity contribution in [3.05, 3.63) is 59.4 Å². The van der Waals surface area contributed by atoms with E-state index in [0.29, 0.717) is 11.5 Å². The van der Waals surface area contributed by atoms with Gasteiger partial charge in [-0.3, -0.25) is 4.79 Å². The second-order valence-electron chi connectivity index (χ2n) is 6.91. The maximum Gasteiger partial charge on any atom is 0.231 e. The third kappa shape index (κ3) is 3.69. The molecule has 4 rings (SSSR count). The third-order valence-corrected chi connectivity index (χ3v) is 7.25. The zero-order chi connectivity index (χ0) is 19.7. The van der Waals surface area contributed by atoms with Gasteiger partial charge in [-0.05, 0) is 30.2 Å². The van der Waals surface area contributed by atoms with Gasteiger partial charge in [-0.1, -0.05) is 24.3 Å². The summed E-state index contributed by atoms with van der Waals surface area (Å²) in [5.41, 5.74) is 0.944. The summed E-state index contributed by atoms with van der Waals surface area (Å²) in [6.07, 6.45) is 0.317. The monoisotopic (exact) mass is 405 g/mol. The van der Waals surface area contributed by atoms with E-state index in [0.717, 1.165) is 5.56 Å². The van der Waals surface area contributed by atoms with Gasteiger partial charge in [-0.25, -0.2) is 12.8 Å². The number of benzene rings is 2. The maximum absolute atomic E-state index is 14.1. The lowest BCUT2D eigenvalue weighted by Gasteiger charge is -2.20. The average molecular weight is 405 g/mol. The Kier molecular flexibility index (Phi) is 4.97. The molecule has 2 aromatic rings. The average Bonchev–Trinajstić information content (AvgIpc) is 3.06. The molecule has 2 aromatic carbocycles. The van der Waals surface area contributed by atoms with Crippen molar-refractivity contribution in [3.63, 3.8) is 0 Å². The Hall–Kier alpha value is -2.61. The second kappa shape index (κ2) is 7.43. The second-order valence-corrected chi connectivity index (χ2v) is 9.21. The summed E-state index contributed by atoms with van der Waals surface area (Å²) in [7, 11) is -3.55. The van der Waals surface area contributed by atoms with E-state index in [4.69, 9.17) is 9.47 Å². The van der Waals surface area contributed by atoms with Gasteiger partial charge in [0.2, 0.25) is 12.7 Å². The van der Waals surface area contributed by atoms with Crippen LogP contribution in [0.2, 0.25) is 0 Å². The highest BCUT2D eigenvalue weighted by atomic mass is 32.2. The normalized spacial score (nSPS) is 20.6. The molecule has 148 valence electrons. The number of hydrogen-bond donors (Lipinski definition) is 0. The first-order valence-corrected chi connectivity index (χ1v) is 10.8. The minimum atomic E-state index is -3.55. The van der Waals surface area contributed by atoms with E-state index in [2.05, 4.69) is 0 Å². The van der Waals surface area contributed by atoms with Crippen LogP contribution in [0.1, 0.15) is 22.8 Å². The van der Waals surface area contributed by atoms with Gasteiger partial charge in [0.15, 0.2) is 21.3 Å². The van der Waals surface area contributed by atoms with Gasteiger partial charge in [-0.2, -0.15) is 0 Å². The quantitative estimate of drug-likeness (QED) is 0.785. The molecular weight excluding hydrogens is 385 g/mol. The number of rotatable bonds is 3. The van der Waals surface area contributed by atoms with Gasteiger partial charge in [0, 0.05) is 18.7 Å². The molecule has 2 aliphatic rings. The number of fused-ring (bicyclic) bond motifs is 1. The molecular formula is C20H20FNO5S. The number of carbonyl (C=O) groups is 1. The van der Waals surface area contributed by atoms with Gasteiger partial charge in [0.25, 0.3) is 0 Å². The zero-order valence-corrected chi connectivity index (χ0v) is 16.0. The Balaban J connectivity index is 1.48. The van der Waals surface area contributed by atoms with Crippen molar-refractivity contribution >= 4 is 15.7 Å². The molecule has 0 bridgehead atoms. The maximum atomic E-state index is 14.1. The fraction of sp³-hybridized carbons (Fsp3) is 0.350. The number of nitrogens with zero attached hydrogens (tertiary/aromatic N) is 1. The van der Waals surface area contributed by atoms with Gasteiger partial charge in [0.1, 0.15) is 5.82 Å². The Bertz CT molecular complexity index is 1010. The minimum absolute atomic E-state index is 0.108. The van der Waals surface area contributed by atoms with E-state index in [1.807, 2.05) is 0 Å². The van der Waals surface area contributed by atoms with Crippen LogP contribution in [-0.2, 0) is 21.1 Å². The van der Waals surface area contributed by atoms with Crippen LogP contribution in [0.5, 0.6) is 11.5 Å². The summed E-state index contributed by atoms with van der Waals surface area (Å²) in [5, 5.41) is -0.933. The number of amides is 1. The summed E-state index contributed by atoms with van der Waals surface area (Å²) < 4.78 is 50.1. The van der Waals surface area contributed by atoms with E-state index < -0.39 is 20.9 Å². The van der Waals surface area contributed by atoms with Crippen LogP contribution in [0.15, 0.2) is 42.5 Å². The van der Waals surface area contributed by atoms with E-state index in [-0.39, 0.29) is 49.9 Å². The lowest BCUT2D eigenvalue weighted by Crippen LogP contribution is -2.34. The number of halogens is 1. The molecule has 0 aromatic heterocycles. The highest BCUT2D eigenvalue weighted by Gasteiger charge is 2.34. The highest BCUT2D eigenvalue weighted by Crippen LogP contribution is 2.33. The molecule has 2 heterocycles. The topological polar surface area (TPSA) is 72.9 Å². The lowest BCUT2D eigenvalue weighted by molar-refractivity contribution is -0.130. The standard InChI is InChI=1S/C20H20FNO5S/c21-16-4-2-1-3-15(16)19-7-8-22(9-10-28(19,24)25)20(23)12-14-5-6-17-18(11-14)27-13-26-17/h1-6,11,19H,7-10,12-13H2. The molecule has 1 amide bonds. The SMILES string of the molecule is O=C(Cc1ccc2c(c1)OCO2)N1CCC(c2ccccc2F)S(=O)(=O)CC1. The van der Waals surface area contributed by atoms with Crippen molar-refractivity contribution in [1.82, 2.24) is 4.90 Å². The smallest absolute Gasteiger partial charge is 0.231 e. The Morgan fingerprint density at radius 3 is 2.71 bits per heavy atom.